The van der Waals surface area contributed by atoms with Crippen molar-refractivity contribution in [1.82, 2.24) is 4.31 Å². The number of benzene rings is 2. The van der Waals surface area contributed by atoms with Crippen LogP contribution in [0.25, 0.3) is 0 Å². The summed E-state index contributed by atoms with van der Waals surface area (Å²) in [5.41, 5.74) is 0.976. The highest BCUT2D eigenvalue weighted by Gasteiger charge is 2.33. The Bertz CT molecular complexity index is 1030. The molecule has 6 nitrogen and oxygen atoms in total. The summed E-state index contributed by atoms with van der Waals surface area (Å²) in [5.74, 6) is -0.817. The maximum atomic E-state index is 13.9. The molecule has 0 saturated heterocycles. The van der Waals surface area contributed by atoms with Gasteiger partial charge in [0, 0.05) is 20.6 Å². The van der Waals surface area contributed by atoms with Gasteiger partial charge in [0.1, 0.15) is 10.7 Å². The summed E-state index contributed by atoms with van der Waals surface area (Å²) in [5, 5.41) is 0. The van der Waals surface area contributed by atoms with Gasteiger partial charge in [-0.15, -0.1) is 0 Å². The van der Waals surface area contributed by atoms with Crippen LogP contribution < -0.4 is 4.31 Å². The van der Waals surface area contributed by atoms with Gasteiger partial charge in [-0.05, 0) is 42.3 Å². The first-order chi connectivity index (χ1) is 11.7. The molecule has 0 unspecified atom stereocenters. The van der Waals surface area contributed by atoms with Gasteiger partial charge in [0.2, 0.25) is 10.0 Å². The van der Waals surface area contributed by atoms with E-state index in [-0.39, 0.29) is 11.4 Å². The Morgan fingerprint density at radius 3 is 2.36 bits per heavy atom. The molecule has 0 fully saturated rings. The van der Waals surface area contributed by atoms with Gasteiger partial charge in [0.15, 0.2) is 0 Å². The van der Waals surface area contributed by atoms with E-state index >= 15 is 0 Å². The Kier molecular flexibility index (Phi) is 4.34. The molecule has 0 N–H and O–H groups in total. The molecule has 134 valence electrons. The number of fused-ring (bicyclic) bond motifs is 1. The summed E-state index contributed by atoms with van der Waals surface area (Å²) in [7, 11) is -4.80. The lowest BCUT2D eigenvalue weighted by atomic mass is 10.2. The van der Waals surface area contributed by atoms with Crippen molar-refractivity contribution in [2.75, 3.05) is 24.9 Å². The van der Waals surface area contributed by atoms with Crippen LogP contribution in [-0.4, -0.2) is 41.8 Å². The van der Waals surface area contributed by atoms with Gasteiger partial charge < -0.3 is 0 Å². The van der Waals surface area contributed by atoms with Crippen LogP contribution in [0.5, 0.6) is 0 Å². The van der Waals surface area contributed by atoms with Crippen molar-refractivity contribution >= 4 is 25.7 Å². The predicted molar refractivity (Wildman–Crippen MR) is 92.0 cm³/mol. The summed E-state index contributed by atoms with van der Waals surface area (Å²) >= 11 is 0. The Morgan fingerprint density at radius 2 is 1.72 bits per heavy atom. The number of nitrogens with zero attached hydrogens (tertiary/aromatic N) is 2. The Balaban J connectivity index is 2.05. The van der Waals surface area contributed by atoms with Crippen molar-refractivity contribution in [3.63, 3.8) is 0 Å². The largest absolute Gasteiger partial charge is 0.267 e. The fraction of sp³-hybridized carbons (Fsp3) is 0.250. The molecule has 2 aromatic rings. The third kappa shape index (κ3) is 2.92. The Morgan fingerprint density at radius 1 is 1.04 bits per heavy atom. The number of sulfonamides is 2. The minimum absolute atomic E-state index is 0.0985. The lowest BCUT2D eigenvalue weighted by Gasteiger charge is -2.20. The average Bonchev–Trinajstić information content (AvgIpc) is 2.98. The number of hydrogen-bond donors (Lipinski definition) is 0. The lowest BCUT2D eigenvalue weighted by Crippen LogP contribution is -2.29. The highest BCUT2D eigenvalue weighted by atomic mass is 32.2. The van der Waals surface area contributed by atoms with Gasteiger partial charge in [0.25, 0.3) is 10.0 Å². The summed E-state index contributed by atoms with van der Waals surface area (Å²) in [6.07, 6.45) is 0.361. The molecule has 0 spiro atoms. The summed E-state index contributed by atoms with van der Waals surface area (Å²) in [4.78, 5) is -0.297. The molecule has 1 aliphatic heterocycles. The van der Waals surface area contributed by atoms with Gasteiger partial charge in [0.05, 0.1) is 10.6 Å². The van der Waals surface area contributed by atoms with Crippen LogP contribution in [0.15, 0.2) is 52.3 Å². The predicted octanol–water partition coefficient (Wildman–Crippen LogP) is 1.83. The maximum Gasteiger partial charge on any atom is 0.267 e. The molecule has 0 saturated carbocycles. The third-order valence-electron chi connectivity index (χ3n) is 4.09. The van der Waals surface area contributed by atoms with Crippen LogP contribution in [0.4, 0.5) is 10.1 Å². The lowest BCUT2D eigenvalue weighted by molar-refractivity contribution is 0.520. The highest BCUT2D eigenvalue weighted by molar-refractivity contribution is 7.92. The molecule has 0 atom stereocenters. The van der Waals surface area contributed by atoms with Gasteiger partial charge in [-0.25, -0.2) is 25.5 Å². The minimum Gasteiger partial charge on any atom is -0.266 e. The van der Waals surface area contributed by atoms with Crippen molar-refractivity contribution in [3.05, 3.63) is 53.8 Å². The van der Waals surface area contributed by atoms with Crippen molar-refractivity contribution in [2.45, 2.75) is 16.2 Å². The molecular weight excluding hydrogens is 367 g/mol. The van der Waals surface area contributed by atoms with E-state index in [1.54, 1.807) is 0 Å². The monoisotopic (exact) mass is 384 g/mol. The van der Waals surface area contributed by atoms with E-state index in [0.29, 0.717) is 17.7 Å². The molecule has 9 heteroatoms. The van der Waals surface area contributed by atoms with Crippen LogP contribution in [0, 0.1) is 5.82 Å². The topological polar surface area (TPSA) is 74.8 Å². The average molecular weight is 384 g/mol. The molecule has 0 amide bonds. The first kappa shape index (κ1) is 17.8. The standard InChI is InChI=1S/C16H17FN2O4S2/c1-18(2)24(20,21)13-7-8-15-12(11-13)9-10-19(15)25(22,23)16-6-4-3-5-14(16)17/h3-8,11H,9-10H2,1-2H3. The first-order valence-corrected chi connectivity index (χ1v) is 10.4. The molecule has 3 rings (SSSR count). The van der Waals surface area contributed by atoms with E-state index in [2.05, 4.69) is 0 Å². The number of anilines is 1. The molecule has 0 aliphatic carbocycles. The van der Waals surface area contributed by atoms with Crippen LogP contribution >= 0.6 is 0 Å². The van der Waals surface area contributed by atoms with Gasteiger partial charge >= 0.3 is 0 Å². The van der Waals surface area contributed by atoms with E-state index in [4.69, 9.17) is 0 Å². The zero-order valence-electron chi connectivity index (χ0n) is 13.7. The number of hydrogen-bond acceptors (Lipinski definition) is 4. The summed E-state index contributed by atoms with van der Waals surface area (Å²) in [6, 6.07) is 9.48. The van der Waals surface area contributed by atoms with Crippen molar-refractivity contribution < 1.29 is 21.2 Å². The molecule has 2 aromatic carbocycles. The second-order valence-corrected chi connectivity index (χ2v) is 9.82. The van der Waals surface area contributed by atoms with E-state index in [1.165, 1.54) is 50.5 Å². The van der Waals surface area contributed by atoms with Crippen LogP contribution in [0.2, 0.25) is 0 Å². The van der Waals surface area contributed by atoms with Gasteiger partial charge in [-0.1, -0.05) is 12.1 Å². The molecule has 1 aliphatic rings. The SMILES string of the molecule is CN(C)S(=O)(=O)c1ccc2c(c1)CCN2S(=O)(=O)c1ccccc1F. The van der Waals surface area contributed by atoms with Gasteiger partial charge in [-0.3, -0.25) is 4.31 Å². The zero-order chi connectivity index (χ0) is 18.4. The highest BCUT2D eigenvalue weighted by Crippen LogP contribution is 2.35. The van der Waals surface area contributed by atoms with E-state index in [0.717, 1.165) is 14.7 Å². The molecule has 0 radical (unpaired) electrons. The summed E-state index contributed by atoms with van der Waals surface area (Å²) in [6.45, 7) is 0.136. The fourth-order valence-corrected chi connectivity index (χ4v) is 5.27. The first-order valence-electron chi connectivity index (χ1n) is 7.48. The quantitative estimate of drug-likeness (QED) is 0.806. The van der Waals surface area contributed by atoms with Crippen molar-refractivity contribution in [3.8, 4) is 0 Å². The van der Waals surface area contributed by atoms with E-state index < -0.39 is 30.8 Å². The molecule has 1 heterocycles. The Hall–Kier alpha value is -1.97. The van der Waals surface area contributed by atoms with Gasteiger partial charge in [-0.2, -0.15) is 0 Å². The van der Waals surface area contributed by atoms with Crippen LogP contribution in [-0.2, 0) is 26.5 Å². The van der Waals surface area contributed by atoms with E-state index in [9.17, 15) is 21.2 Å². The van der Waals surface area contributed by atoms with Crippen LogP contribution in [0.1, 0.15) is 5.56 Å². The maximum absolute atomic E-state index is 13.9. The molecular formula is C16H17FN2O4S2. The zero-order valence-corrected chi connectivity index (χ0v) is 15.3. The number of rotatable bonds is 4. The molecule has 0 bridgehead atoms. The smallest absolute Gasteiger partial charge is 0.266 e. The summed E-state index contributed by atoms with van der Waals surface area (Å²) < 4.78 is 66.1. The molecule has 0 aromatic heterocycles. The van der Waals surface area contributed by atoms with Crippen molar-refractivity contribution in [1.29, 1.82) is 0 Å². The van der Waals surface area contributed by atoms with E-state index in [1.807, 2.05) is 0 Å². The van der Waals surface area contributed by atoms with Crippen LogP contribution in [0.3, 0.4) is 0 Å². The fourth-order valence-electron chi connectivity index (χ4n) is 2.74. The number of halogens is 1. The second kappa shape index (κ2) is 6.08. The van der Waals surface area contributed by atoms with Crippen molar-refractivity contribution in [2.24, 2.45) is 0 Å². The third-order valence-corrected chi connectivity index (χ3v) is 7.74. The molecule has 25 heavy (non-hydrogen) atoms. The minimum atomic E-state index is -4.05. The second-order valence-electron chi connectivity index (χ2n) is 5.84. The Labute approximate surface area is 146 Å². The normalized spacial score (nSPS) is 14.8.